The monoisotopic (exact) mass is 273 g/mol. The van der Waals surface area contributed by atoms with Gasteiger partial charge in [0, 0.05) is 17.3 Å². The van der Waals surface area contributed by atoms with E-state index in [0.717, 1.165) is 16.0 Å². The van der Waals surface area contributed by atoms with Crippen LogP contribution in [0.4, 0.5) is 5.00 Å². The highest BCUT2D eigenvalue weighted by Gasteiger charge is 2.19. The Morgan fingerprint density at radius 1 is 1.16 bits per heavy atom. The molecule has 19 heavy (non-hydrogen) atoms. The molecular weight excluding hydrogens is 262 g/mol. The normalized spacial score (nSPS) is 10.8. The molecule has 2 N–H and O–H groups in total. The molecule has 0 aromatic carbocycles. The SMILES string of the molecule is Cc1sc(N)c(-c2nc(-c3ncccn3)no2)c1C. The zero-order valence-corrected chi connectivity index (χ0v) is 11.2. The predicted octanol–water partition coefficient (Wildman–Crippen LogP) is 2.45. The van der Waals surface area contributed by atoms with Gasteiger partial charge >= 0.3 is 0 Å². The molecule has 6 nitrogen and oxygen atoms in total. The molecule has 0 atom stereocenters. The third kappa shape index (κ3) is 1.97. The number of aryl methyl sites for hydroxylation is 1. The third-order valence-corrected chi connectivity index (χ3v) is 3.85. The van der Waals surface area contributed by atoms with Crippen molar-refractivity contribution in [3.8, 4) is 23.1 Å². The quantitative estimate of drug-likeness (QED) is 0.771. The van der Waals surface area contributed by atoms with Gasteiger partial charge in [-0.15, -0.1) is 11.3 Å². The summed E-state index contributed by atoms with van der Waals surface area (Å²) in [5.41, 5.74) is 7.85. The first-order valence-electron chi connectivity index (χ1n) is 5.63. The number of thiophene rings is 1. The summed E-state index contributed by atoms with van der Waals surface area (Å²) in [6.07, 6.45) is 3.26. The van der Waals surface area contributed by atoms with Crippen molar-refractivity contribution in [3.05, 3.63) is 28.9 Å². The second-order valence-electron chi connectivity index (χ2n) is 4.02. The summed E-state index contributed by atoms with van der Waals surface area (Å²) >= 11 is 1.51. The molecule has 0 aliphatic heterocycles. The number of aromatic nitrogens is 4. The molecule has 0 aliphatic rings. The second-order valence-corrected chi connectivity index (χ2v) is 5.27. The maximum absolute atomic E-state index is 5.98. The molecule has 0 bridgehead atoms. The molecule has 3 aromatic rings. The van der Waals surface area contributed by atoms with Gasteiger partial charge < -0.3 is 10.3 Å². The summed E-state index contributed by atoms with van der Waals surface area (Å²) in [7, 11) is 0. The fourth-order valence-corrected chi connectivity index (χ4v) is 2.68. The van der Waals surface area contributed by atoms with Crippen LogP contribution >= 0.6 is 11.3 Å². The fourth-order valence-electron chi connectivity index (χ4n) is 1.75. The highest BCUT2D eigenvalue weighted by atomic mass is 32.1. The number of anilines is 1. The van der Waals surface area contributed by atoms with Crippen LogP contribution in [0.25, 0.3) is 23.1 Å². The lowest BCUT2D eigenvalue weighted by Gasteiger charge is -1.94. The van der Waals surface area contributed by atoms with Gasteiger partial charge in [-0.05, 0) is 25.5 Å². The van der Waals surface area contributed by atoms with Crippen molar-refractivity contribution in [2.45, 2.75) is 13.8 Å². The lowest BCUT2D eigenvalue weighted by Crippen LogP contribution is -1.89. The minimum Gasteiger partial charge on any atom is -0.390 e. The maximum atomic E-state index is 5.98. The predicted molar refractivity (Wildman–Crippen MR) is 72.5 cm³/mol. The smallest absolute Gasteiger partial charge is 0.261 e. The van der Waals surface area contributed by atoms with Gasteiger partial charge in [-0.3, -0.25) is 0 Å². The van der Waals surface area contributed by atoms with Gasteiger partial charge in [0.25, 0.3) is 5.89 Å². The van der Waals surface area contributed by atoms with Gasteiger partial charge in [0.05, 0.1) is 10.6 Å². The first kappa shape index (κ1) is 11.8. The van der Waals surface area contributed by atoms with E-state index < -0.39 is 0 Å². The van der Waals surface area contributed by atoms with Gasteiger partial charge in [0.2, 0.25) is 11.6 Å². The van der Waals surface area contributed by atoms with E-state index in [2.05, 4.69) is 20.1 Å². The Bertz CT molecular complexity index is 719. The minimum atomic E-state index is 0.359. The van der Waals surface area contributed by atoms with E-state index in [-0.39, 0.29) is 0 Å². The molecule has 0 saturated carbocycles. The molecule has 0 saturated heterocycles. The van der Waals surface area contributed by atoms with Crippen molar-refractivity contribution in [1.82, 2.24) is 20.1 Å². The molecule has 0 aliphatic carbocycles. The first-order valence-corrected chi connectivity index (χ1v) is 6.45. The average Bonchev–Trinajstić information content (AvgIpc) is 2.97. The summed E-state index contributed by atoms with van der Waals surface area (Å²) in [5.74, 6) is 1.20. The molecule has 0 spiro atoms. The minimum absolute atomic E-state index is 0.359. The summed E-state index contributed by atoms with van der Waals surface area (Å²) in [4.78, 5) is 13.6. The van der Waals surface area contributed by atoms with E-state index in [1.165, 1.54) is 11.3 Å². The largest absolute Gasteiger partial charge is 0.390 e. The highest BCUT2D eigenvalue weighted by molar-refractivity contribution is 7.16. The average molecular weight is 273 g/mol. The van der Waals surface area contributed by atoms with Gasteiger partial charge in [-0.25, -0.2) is 9.97 Å². The number of hydrogen-bond donors (Lipinski definition) is 1. The number of hydrogen-bond acceptors (Lipinski definition) is 7. The number of nitrogen functional groups attached to an aromatic ring is 1. The molecule has 7 heteroatoms. The molecule has 0 unspecified atom stereocenters. The Balaban J connectivity index is 2.07. The Morgan fingerprint density at radius 2 is 1.89 bits per heavy atom. The van der Waals surface area contributed by atoms with E-state index in [9.17, 15) is 0 Å². The van der Waals surface area contributed by atoms with Gasteiger partial charge in [0.15, 0.2) is 0 Å². The molecular formula is C12H11N5OS. The molecule has 3 rings (SSSR count). The van der Waals surface area contributed by atoms with Crippen molar-refractivity contribution in [2.24, 2.45) is 0 Å². The standard InChI is InChI=1S/C12H11N5OS/c1-6-7(2)19-9(13)8(6)12-16-11(17-18-12)10-14-4-3-5-15-10/h3-5H,13H2,1-2H3. The molecule has 0 fully saturated rings. The number of nitrogens with zero attached hydrogens (tertiary/aromatic N) is 4. The zero-order chi connectivity index (χ0) is 13.4. The zero-order valence-electron chi connectivity index (χ0n) is 10.4. The molecule has 96 valence electrons. The van der Waals surface area contributed by atoms with Crippen molar-refractivity contribution in [2.75, 3.05) is 5.73 Å². The molecule has 3 heterocycles. The van der Waals surface area contributed by atoms with Crippen molar-refractivity contribution >= 4 is 16.3 Å². The van der Waals surface area contributed by atoms with Crippen LogP contribution in [0.3, 0.4) is 0 Å². The van der Waals surface area contributed by atoms with Gasteiger partial charge in [-0.1, -0.05) is 5.16 Å². The van der Waals surface area contributed by atoms with Crippen molar-refractivity contribution in [3.63, 3.8) is 0 Å². The fraction of sp³-hybridized carbons (Fsp3) is 0.167. The second kappa shape index (κ2) is 4.43. The van der Waals surface area contributed by atoms with Crippen LogP contribution < -0.4 is 5.73 Å². The van der Waals surface area contributed by atoms with Crippen molar-refractivity contribution < 1.29 is 4.52 Å². The third-order valence-electron chi connectivity index (χ3n) is 2.82. The van der Waals surface area contributed by atoms with Crippen LogP contribution in [0, 0.1) is 13.8 Å². The lowest BCUT2D eigenvalue weighted by molar-refractivity contribution is 0.432. The number of nitrogens with two attached hydrogens (primary N) is 1. The van der Waals surface area contributed by atoms with E-state index in [0.29, 0.717) is 22.5 Å². The van der Waals surface area contributed by atoms with Crippen LogP contribution in [-0.2, 0) is 0 Å². The van der Waals surface area contributed by atoms with E-state index in [1.807, 2.05) is 13.8 Å². The molecule has 0 amide bonds. The van der Waals surface area contributed by atoms with Crippen molar-refractivity contribution in [1.29, 1.82) is 0 Å². The van der Waals surface area contributed by atoms with E-state index in [4.69, 9.17) is 10.3 Å². The Labute approximate surface area is 113 Å². The van der Waals surface area contributed by atoms with Crippen LogP contribution in [0.1, 0.15) is 10.4 Å². The Kier molecular flexibility index (Phi) is 2.75. The number of rotatable bonds is 2. The highest BCUT2D eigenvalue weighted by Crippen LogP contribution is 2.37. The first-order chi connectivity index (χ1) is 9.16. The van der Waals surface area contributed by atoms with E-state index in [1.54, 1.807) is 18.5 Å². The van der Waals surface area contributed by atoms with Gasteiger partial charge in [0.1, 0.15) is 0 Å². The summed E-state index contributed by atoms with van der Waals surface area (Å²) in [6.45, 7) is 4.00. The van der Waals surface area contributed by atoms with E-state index >= 15 is 0 Å². The topological polar surface area (TPSA) is 90.7 Å². The van der Waals surface area contributed by atoms with Crippen LogP contribution in [0.2, 0.25) is 0 Å². The maximum Gasteiger partial charge on any atom is 0.261 e. The van der Waals surface area contributed by atoms with Crippen LogP contribution in [-0.4, -0.2) is 20.1 Å². The molecule has 3 aromatic heterocycles. The lowest BCUT2D eigenvalue weighted by atomic mass is 10.1. The Hall–Kier alpha value is -2.28. The van der Waals surface area contributed by atoms with Crippen LogP contribution in [0.5, 0.6) is 0 Å². The summed E-state index contributed by atoms with van der Waals surface area (Å²) in [6, 6.07) is 1.73. The Morgan fingerprint density at radius 3 is 2.53 bits per heavy atom. The summed E-state index contributed by atoms with van der Waals surface area (Å²) < 4.78 is 5.27. The molecule has 0 radical (unpaired) electrons. The van der Waals surface area contributed by atoms with Crippen LogP contribution in [0.15, 0.2) is 23.0 Å². The van der Waals surface area contributed by atoms with Gasteiger partial charge in [-0.2, -0.15) is 4.98 Å². The summed E-state index contributed by atoms with van der Waals surface area (Å²) in [5, 5.41) is 4.57.